The van der Waals surface area contributed by atoms with E-state index in [-0.39, 0.29) is 0 Å². The third kappa shape index (κ3) is 2.28. The van der Waals surface area contributed by atoms with E-state index in [0.717, 1.165) is 9.26 Å². The Balaban J connectivity index is 2.07. The molecular weight excluding hydrogens is 363 g/mol. The van der Waals surface area contributed by atoms with Crippen LogP contribution in [0.15, 0.2) is 22.8 Å². The maximum absolute atomic E-state index is 6.21. The zero-order valence-electron chi connectivity index (χ0n) is 9.70. The molecule has 0 N–H and O–H groups in total. The fraction of sp³-hybridized carbons (Fsp3) is 0.385. The predicted octanol–water partition coefficient (Wildman–Crippen LogP) is 4.65. The van der Waals surface area contributed by atoms with E-state index in [9.17, 15) is 0 Å². The van der Waals surface area contributed by atoms with Crippen LogP contribution in [-0.2, 0) is 0 Å². The summed E-state index contributed by atoms with van der Waals surface area (Å²) in [5.74, 6) is 1.78. The van der Waals surface area contributed by atoms with Crippen molar-refractivity contribution in [2.45, 2.75) is 31.6 Å². The molecule has 18 heavy (non-hydrogen) atoms. The summed E-state index contributed by atoms with van der Waals surface area (Å²) in [6, 6.07) is 3.69. The van der Waals surface area contributed by atoms with Gasteiger partial charge in [-0.25, -0.2) is 9.97 Å². The van der Waals surface area contributed by atoms with Crippen LogP contribution >= 0.6 is 34.2 Å². The molecule has 0 saturated heterocycles. The maximum Gasteiger partial charge on any atom is 0.197 e. The molecule has 1 saturated carbocycles. The first-order valence-corrected chi connectivity index (χ1v) is 7.48. The van der Waals surface area contributed by atoms with Crippen molar-refractivity contribution in [3.05, 3.63) is 32.8 Å². The minimum atomic E-state index is 0.520. The van der Waals surface area contributed by atoms with Gasteiger partial charge in [0.2, 0.25) is 0 Å². The normalized spacial score (nSPS) is 16.3. The molecule has 2 aromatic heterocycles. The zero-order chi connectivity index (χ0) is 12.5. The van der Waals surface area contributed by atoms with Crippen molar-refractivity contribution >= 4 is 34.2 Å². The van der Waals surface area contributed by atoms with Crippen LogP contribution in [0.2, 0.25) is 5.15 Å². The van der Waals surface area contributed by atoms with Crippen LogP contribution in [0, 0.1) is 3.57 Å². The third-order valence-corrected chi connectivity index (χ3v) is 4.98. The Morgan fingerprint density at radius 1 is 1.28 bits per heavy atom. The van der Waals surface area contributed by atoms with Crippen molar-refractivity contribution in [1.82, 2.24) is 9.97 Å². The van der Waals surface area contributed by atoms with Crippen LogP contribution in [0.4, 0.5) is 0 Å². The summed E-state index contributed by atoms with van der Waals surface area (Å²) in [6.45, 7) is 0. The van der Waals surface area contributed by atoms with Gasteiger partial charge < -0.3 is 4.42 Å². The van der Waals surface area contributed by atoms with Crippen LogP contribution < -0.4 is 0 Å². The van der Waals surface area contributed by atoms with Crippen molar-refractivity contribution in [2.75, 3.05) is 0 Å². The Morgan fingerprint density at radius 2 is 2.06 bits per heavy atom. The number of hydrogen-bond donors (Lipinski definition) is 0. The molecule has 3 rings (SSSR count). The second kappa shape index (κ2) is 5.17. The predicted molar refractivity (Wildman–Crippen MR) is 78.7 cm³/mol. The molecule has 1 aliphatic carbocycles. The second-order valence-corrected chi connectivity index (χ2v) is 5.93. The van der Waals surface area contributed by atoms with E-state index in [1.165, 1.54) is 25.7 Å². The van der Waals surface area contributed by atoms with Gasteiger partial charge in [-0.3, -0.25) is 0 Å². The molecule has 94 valence electrons. The van der Waals surface area contributed by atoms with Gasteiger partial charge in [-0.1, -0.05) is 24.4 Å². The number of aromatic nitrogens is 2. The summed E-state index contributed by atoms with van der Waals surface area (Å²) in [5.41, 5.74) is 1.08. The summed E-state index contributed by atoms with van der Waals surface area (Å²) in [4.78, 5) is 8.96. The molecule has 1 fully saturated rings. The molecule has 0 radical (unpaired) electrons. The first-order chi connectivity index (χ1) is 8.75. The minimum Gasteiger partial charge on any atom is -0.461 e. The topological polar surface area (TPSA) is 38.9 Å². The van der Waals surface area contributed by atoms with Crippen LogP contribution in [0.3, 0.4) is 0 Å². The van der Waals surface area contributed by atoms with Crippen molar-refractivity contribution in [3.8, 4) is 11.6 Å². The van der Waals surface area contributed by atoms with E-state index in [1.807, 2.05) is 12.1 Å². The van der Waals surface area contributed by atoms with Crippen LogP contribution in [0.25, 0.3) is 11.6 Å². The molecule has 2 aromatic rings. The number of rotatable bonds is 2. The highest BCUT2D eigenvalue weighted by atomic mass is 127. The Hall–Kier alpha value is -0.620. The average Bonchev–Trinajstić information content (AvgIpc) is 3.03. The zero-order valence-corrected chi connectivity index (χ0v) is 12.6. The summed E-state index contributed by atoms with van der Waals surface area (Å²) >= 11 is 8.46. The largest absolute Gasteiger partial charge is 0.461 e. The fourth-order valence-corrected chi connectivity index (χ4v) is 3.28. The first kappa shape index (κ1) is 12.4. The molecule has 5 heteroatoms. The van der Waals surface area contributed by atoms with Crippen molar-refractivity contribution in [3.63, 3.8) is 0 Å². The van der Waals surface area contributed by atoms with Crippen LogP contribution in [0.1, 0.15) is 37.3 Å². The van der Waals surface area contributed by atoms with Gasteiger partial charge in [-0.05, 0) is 47.6 Å². The highest BCUT2D eigenvalue weighted by molar-refractivity contribution is 14.1. The molecule has 0 aliphatic heterocycles. The Morgan fingerprint density at radius 3 is 2.72 bits per heavy atom. The lowest BCUT2D eigenvalue weighted by Gasteiger charge is -2.12. The SMILES string of the molecule is Clc1nc(-c2ccco2)nc(C2CCCC2)c1I. The molecular formula is C13H12ClIN2O. The van der Waals surface area contributed by atoms with E-state index < -0.39 is 0 Å². The molecule has 2 heterocycles. The molecule has 3 nitrogen and oxygen atoms in total. The van der Waals surface area contributed by atoms with Crippen LogP contribution in [0.5, 0.6) is 0 Å². The number of halogens is 2. The Kier molecular flexibility index (Phi) is 3.56. The van der Waals surface area contributed by atoms with E-state index >= 15 is 0 Å². The van der Waals surface area contributed by atoms with Crippen LogP contribution in [-0.4, -0.2) is 9.97 Å². The average molecular weight is 375 g/mol. The van der Waals surface area contributed by atoms with E-state index in [1.54, 1.807) is 6.26 Å². The van der Waals surface area contributed by atoms with E-state index in [0.29, 0.717) is 22.7 Å². The molecule has 0 unspecified atom stereocenters. The van der Waals surface area contributed by atoms with Gasteiger partial charge in [0.15, 0.2) is 11.6 Å². The van der Waals surface area contributed by atoms with E-state index in [4.69, 9.17) is 16.0 Å². The van der Waals surface area contributed by atoms with Gasteiger partial charge in [0.05, 0.1) is 15.5 Å². The minimum absolute atomic E-state index is 0.520. The number of hydrogen-bond acceptors (Lipinski definition) is 3. The third-order valence-electron chi connectivity index (χ3n) is 3.32. The lowest BCUT2D eigenvalue weighted by atomic mass is 10.0. The van der Waals surface area contributed by atoms with Crippen molar-refractivity contribution in [2.24, 2.45) is 0 Å². The quantitative estimate of drug-likeness (QED) is 0.567. The summed E-state index contributed by atoms with van der Waals surface area (Å²) in [6.07, 6.45) is 6.57. The summed E-state index contributed by atoms with van der Waals surface area (Å²) < 4.78 is 6.33. The van der Waals surface area contributed by atoms with Gasteiger partial charge in [-0.2, -0.15) is 0 Å². The summed E-state index contributed by atoms with van der Waals surface area (Å²) in [5, 5.41) is 0.527. The van der Waals surface area contributed by atoms with Gasteiger partial charge in [0, 0.05) is 5.92 Å². The molecule has 0 amide bonds. The smallest absolute Gasteiger partial charge is 0.197 e. The maximum atomic E-state index is 6.21. The van der Waals surface area contributed by atoms with Crippen molar-refractivity contribution < 1.29 is 4.42 Å². The summed E-state index contributed by atoms with van der Waals surface area (Å²) in [7, 11) is 0. The van der Waals surface area contributed by atoms with Gasteiger partial charge >= 0.3 is 0 Å². The highest BCUT2D eigenvalue weighted by Crippen LogP contribution is 2.37. The van der Waals surface area contributed by atoms with E-state index in [2.05, 4.69) is 32.6 Å². The monoisotopic (exact) mass is 374 g/mol. The van der Waals surface area contributed by atoms with Gasteiger partial charge in [0.1, 0.15) is 5.15 Å². The highest BCUT2D eigenvalue weighted by Gasteiger charge is 2.24. The lowest BCUT2D eigenvalue weighted by Crippen LogP contribution is -2.04. The Labute approximate surface area is 124 Å². The van der Waals surface area contributed by atoms with Gasteiger partial charge in [0.25, 0.3) is 0 Å². The number of nitrogens with zero attached hydrogens (tertiary/aromatic N) is 2. The van der Waals surface area contributed by atoms with Gasteiger partial charge in [-0.15, -0.1) is 0 Å². The standard InChI is InChI=1S/C13H12ClIN2O/c14-12-10(15)11(8-4-1-2-5-8)16-13(17-12)9-6-3-7-18-9/h3,6-8H,1-2,4-5H2. The molecule has 1 aliphatic rings. The molecule has 0 aromatic carbocycles. The second-order valence-electron chi connectivity index (χ2n) is 4.50. The molecule has 0 atom stereocenters. The lowest BCUT2D eigenvalue weighted by molar-refractivity contribution is 0.575. The molecule has 0 spiro atoms. The number of furan rings is 1. The van der Waals surface area contributed by atoms with Crippen molar-refractivity contribution in [1.29, 1.82) is 0 Å². The fourth-order valence-electron chi connectivity index (χ4n) is 2.42. The molecule has 0 bridgehead atoms. The first-order valence-electron chi connectivity index (χ1n) is 6.02. The Bertz CT molecular complexity index is 550.